The average Bonchev–Trinajstić information content (AvgIpc) is 2.78. The molecule has 33 heavy (non-hydrogen) atoms. The van der Waals surface area contributed by atoms with E-state index in [4.69, 9.17) is 54.1 Å². The third-order valence-electron chi connectivity index (χ3n) is 5.49. The Morgan fingerprint density at radius 1 is 1.00 bits per heavy atom. The van der Waals surface area contributed by atoms with Gasteiger partial charge in [0.15, 0.2) is 5.75 Å². The highest BCUT2D eigenvalue weighted by Crippen LogP contribution is 2.51. The fourth-order valence-corrected chi connectivity index (χ4v) is 4.74. The zero-order chi connectivity index (χ0) is 23.3. The summed E-state index contributed by atoms with van der Waals surface area (Å²) < 4.78 is 11.2. The topological polar surface area (TPSA) is 113 Å². The summed E-state index contributed by atoms with van der Waals surface area (Å²) >= 11 is 13.2. The molecule has 1 aromatic heterocycles. The lowest BCUT2D eigenvalue weighted by molar-refractivity contribution is -0.139. The van der Waals surface area contributed by atoms with Crippen molar-refractivity contribution >= 4 is 56.9 Å². The summed E-state index contributed by atoms with van der Waals surface area (Å²) in [5.74, 6) is -1.35. The number of para-hydroxylation sites is 2. The van der Waals surface area contributed by atoms with Crippen LogP contribution < -0.4 is 16.2 Å². The minimum atomic E-state index is -0.838. The van der Waals surface area contributed by atoms with E-state index in [0.29, 0.717) is 48.9 Å². The number of fused-ring (bicyclic) bond motifs is 4. The lowest BCUT2D eigenvalue weighted by Gasteiger charge is -2.30. The predicted octanol–water partition coefficient (Wildman–Crippen LogP) is 4.93. The van der Waals surface area contributed by atoms with Crippen LogP contribution in [-0.4, -0.2) is 22.5 Å². The normalized spacial score (nSPS) is 15.4. The molecule has 4 aromatic rings. The monoisotopic (exact) mass is 480 g/mol. The van der Waals surface area contributed by atoms with Crippen LogP contribution in [0.5, 0.6) is 5.75 Å². The number of nitrogen functional groups attached to an aromatic ring is 1. The summed E-state index contributed by atoms with van der Waals surface area (Å²) in [7, 11) is 0. The Kier molecular flexibility index (Phi) is 5.23. The highest BCUT2D eigenvalue weighted by Gasteiger charge is 2.40. The van der Waals surface area contributed by atoms with E-state index in [0.717, 1.165) is 0 Å². The zero-order valence-corrected chi connectivity index (χ0v) is 18.9. The van der Waals surface area contributed by atoms with E-state index in [1.807, 2.05) is 24.3 Å². The molecule has 0 fully saturated rings. The summed E-state index contributed by atoms with van der Waals surface area (Å²) in [4.78, 5) is 22.6. The van der Waals surface area contributed by atoms with Crippen LogP contribution in [0.25, 0.3) is 22.1 Å². The first-order valence-corrected chi connectivity index (χ1v) is 10.9. The van der Waals surface area contributed by atoms with E-state index in [2.05, 4.69) is 0 Å². The Bertz CT molecular complexity index is 1470. The third-order valence-corrected chi connectivity index (χ3v) is 6.15. The third kappa shape index (κ3) is 3.41. The number of carbonyl (C=O) groups excluding carboxylic acids is 1. The van der Waals surface area contributed by atoms with Gasteiger partial charge in [-0.2, -0.15) is 0 Å². The maximum Gasteiger partial charge on any atom is 0.340 e. The van der Waals surface area contributed by atoms with Crippen LogP contribution in [-0.2, 0) is 9.53 Å². The first-order valence-electron chi connectivity index (χ1n) is 10.2. The molecule has 2 heterocycles. The molecule has 9 heteroatoms. The molecule has 5 rings (SSSR count). The number of hydrogen-bond donors (Lipinski definition) is 2. The van der Waals surface area contributed by atoms with Crippen molar-refractivity contribution in [2.45, 2.75) is 12.8 Å². The molecule has 1 aliphatic rings. The summed E-state index contributed by atoms with van der Waals surface area (Å²) in [5.41, 5.74) is 16.3. The van der Waals surface area contributed by atoms with E-state index >= 15 is 0 Å². The molecule has 0 radical (unpaired) electrons. The van der Waals surface area contributed by atoms with Gasteiger partial charge >= 0.3 is 5.97 Å². The number of anilines is 1. The number of halogens is 2. The average molecular weight is 481 g/mol. The number of rotatable bonds is 3. The maximum atomic E-state index is 13.1. The largest absolute Gasteiger partial charge is 0.462 e. The fourth-order valence-electron chi connectivity index (χ4n) is 4.12. The van der Waals surface area contributed by atoms with E-state index in [-0.39, 0.29) is 23.8 Å². The van der Waals surface area contributed by atoms with Gasteiger partial charge in [0.05, 0.1) is 40.3 Å². The maximum absolute atomic E-state index is 13.1. The van der Waals surface area contributed by atoms with Crippen molar-refractivity contribution in [2.24, 2.45) is 5.73 Å². The molecule has 166 valence electrons. The number of hydrogen-bond acceptors (Lipinski definition) is 7. The SMILES string of the molecule is CCOC(=O)C1=C(N)Oc2c(N)cc3nc4ccccc4nc3c2C1c1c(Cl)cccc1Cl. The molecule has 7 nitrogen and oxygen atoms in total. The van der Waals surface area contributed by atoms with Gasteiger partial charge in [-0.3, -0.25) is 0 Å². The molecule has 0 saturated carbocycles. The predicted molar refractivity (Wildman–Crippen MR) is 128 cm³/mol. The summed E-state index contributed by atoms with van der Waals surface area (Å²) in [5, 5.41) is 0.693. The second kappa shape index (κ2) is 8.10. The van der Waals surface area contributed by atoms with Crippen LogP contribution in [0, 0.1) is 0 Å². The number of aromatic nitrogens is 2. The van der Waals surface area contributed by atoms with Crippen LogP contribution in [0.4, 0.5) is 5.69 Å². The highest BCUT2D eigenvalue weighted by atomic mass is 35.5. The standard InChI is InChI=1S/C24H18Cl2N4O3/c1-2-32-24(31)20-18(17-11(25)6-5-7-12(17)26)19-21-16(10-13(27)22(19)33-23(20)28)29-14-8-3-4-9-15(14)30-21/h3-10,18H,2,27-28H2,1H3. The van der Waals surface area contributed by atoms with Crippen LogP contribution in [0.1, 0.15) is 24.0 Å². The minimum Gasteiger partial charge on any atom is -0.462 e. The summed E-state index contributed by atoms with van der Waals surface area (Å²) in [6.07, 6.45) is 0. The molecule has 4 N–H and O–H groups in total. The first-order chi connectivity index (χ1) is 15.9. The molecule has 0 spiro atoms. The van der Waals surface area contributed by atoms with Gasteiger partial charge < -0.3 is 20.9 Å². The van der Waals surface area contributed by atoms with Crippen molar-refractivity contribution in [3.63, 3.8) is 0 Å². The lowest BCUT2D eigenvalue weighted by atomic mass is 9.81. The van der Waals surface area contributed by atoms with Gasteiger partial charge in [-0.15, -0.1) is 0 Å². The second-order valence-electron chi connectivity index (χ2n) is 7.46. The highest BCUT2D eigenvalue weighted by molar-refractivity contribution is 6.36. The van der Waals surface area contributed by atoms with Crippen LogP contribution in [0.3, 0.4) is 0 Å². The van der Waals surface area contributed by atoms with Crippen molar-refractivity contribution in [3.8, 4) is 5.75 Å². The van der Waals surface area contributed by atoms with Gasteiger partial charge in [0, 0.05) is 21.2 Å². The van der Waals surface area contributed by atoms with E-state index in [1.54, 1.807) is 31.2 Å². The molecular formula is C24H18Cl2N4O3. The van der Waals surface area contributed by atoms with Crippen molar-refractivity contribution in [1.82, 2.24) is 9.97 Å². The Morgan fingerprint density at radius 2 is 1.67 bits per heavy atom. The number of nitrogens with zero attached hydrogens (tertiary/aromatic N) is 2. The molecule has 0 saturated heterocycles. The van der Waals surface area contributed by atoms with Crippen molar-refractivity contribution in [3.05, 3.63) is 81.2 Å². The number of benzene rings is 3. The molecule has 1 aliphatic heterocycles. The van der Waals surface area contributed by atoms with E-state index in [1.165, 1.54) is 0 Å². The molecule has 0 aliphatic carbocycles. The quantitative estimate of drug-likeness (QED) is 0.242. The zero-order valence-electron chi connectivity index (χ0n) is 17.4. The van der Waals surface area contributed by atoms with Gasteiger partial charge in [-0.25, -0.2) is 14.8 Å². The smallest absolute Gasteiger partial charge is 0.340 e. The lowest BCUT2D eigenvalue weighted by Crippen LogP contribution is -2.28. The molecule has 1 atom stereocenters. The molecule has 1 unspecified atom stereocenters. The summed E-state index contributed by atoms with van der Waals surface area (Å²) in [6.45, 7) is 1.85. The van der Waals surface area contributed by atoms with E-state index in [9.17, 15) is 4.79 Å². The number of ether oxygens (including phenoxy) is 2. The Morgan fingerprint density at radius 3 is 2.33 bits per heavy atom. The second-order valence-corrected chi connectivity index (χ2v) is 8.27. The molecular weight excluding hydrogens is 463 g/mol. The minimum absolute atomic E-state index is 0.0706. The van der Waals surface area contributed by atoms with Crippen LogP contribution in [0.15, 0.2) is 60.0 Å². The van der Waals surface area contributed by atoms with Gasteiger partial charge in [0.25, 0.3) is 0 Å². The van der Waals surface area contributed by atoms with Crippen LogP contribution in [0.2, 0.25) is 10.0 Å². The van der Waals surface area contributed by atoms with E-state index < -0.39 is 11.9 Å². The Balaban J connectivity index is 1.92. The van der Waals surface area contributed by atoms with Crippen LogP contribution >= 0.6 is 23.2 Å². The van der Waals surface area contributed by atoms with Gasteiger partial charge in [0.2, 0.25) is 5.88 Å². The Labute approximate surface area is 198 Å². The number of carbonyl (C=O) groups is 1. The number of esters is 1. The molecule has 0 bridgehead atoms. The van der Waals surface area contributed by atoms with Crippen molar-refractivity contribution in [1.29, 1.82) is 0 Å². The summed E-state index contributed by atoms with van der Waals surface area (Å²) in [6, 6.07) is 14.2. The number of nitrogens with two attached hydrogens (primary N) is 2. The molecule has 0 amide bonds. The van der Waals surface area contributed by atoms with Gasteiger partial charge in [0.1, 0.15) is 5.57 Å². The first kappa shape index (κ1) is 21.3. The van der Waals surface area contributed by atoms with Gasteiger partial charge in [-0.1, -0.05) is 41.4 Å². The fraction of sp³-hybridized carbons (Fsp3) is 0.125. The molecule has 3 aromatic carbocycles. The van der Waals surface area contributed by atoms with Crippen molar-refractivity contribution in [2.75, 3.05) is 12.3 Å². The van der Waals surface area contributed by atoms with Crippen molar-refractivity contribution < 1.29 is 14.3 Å². The van der Waals surface area contributed by atoms with Gasteiger partial charge in [-0.05, 0) is 37.3 Å². The Hall–Kier alpha value is -3.55.